The number of amides is 3. The van der Waals surface area contributed by atoms with E-state index in [2.05, 4.69) is 29.6 Å². The van der Waals surface area contributed by atoms with Gasteiger partial charge in [-0.15, -0.1) is 0 Å². The molecule has 3 aromatic rings. The second kappa shape index (κ2) is 11.4. The lowest BCUT2D eigenvalue weighted by Gasteiger charge is -2.20. The minimum Gasteiger partial charge on any atom is -0.494 e. The van der Waals surface area contributed by atoms with Gasteiger partial charge in [-0.05, 0) is 48.7 Å². The number of carbonyl (C=O) groups is 2. The first-order valence-electron chi connectivity index (χ1n) is 11.8. The molecule has 0 aromatic heterocycles. The molecule has 1 heterocycles. The van der Waals surface area contributed by atoms with Gasteiger partial charge in [-0.25, -0.2) is 4.79 Å². The number of anilines is 1. The van der Waals surface area contributed by atoms with Gasteiger partial charge in [-0.3, -0.25) is 9.69 Å². The summed E-state index contributed by atoms with van der Waals surface area (Å²) in [6.45, 7) is 4.22. The maximum atomic E-state index is 12.8. The lowest BCUT2D eigenvalue weighted by Crippen LogP contribution is -2.40. The van der Waals surface area contributed by atoms with E-state index in [0.717, 1.165) is 17.9 Å². The predicted octanol–water partition coefficient (Wildman–Crippen LogP) is 4.67. The third-order valence-electron chi connectivity index (χ3n) is 6.05. The molecule has 6 nitrogen and oxygen atoms in total. The van der Waals surface area contributed by atoms with E-state index >= 15 is 0 Å². The number of carbonyl (C=O) groups excluding carboxylic acids is 2. The summed E-state index contributed by atoms with van der Waals surface area (Å²) in [6, 6.07) is 28.0. The van der Waals surface area contributed by atoms with Gasteiger partial charge in [-0.2, -0.15) is 0 Å². The van der Waals surface area contributed by atoms with Gasteiger partial charge in [0.1, 0.15) is 12.3 Å². The summed E-state index contributed by atoms with van der Waals surface area (Å²) in [4.78, 5) is 28.8. The van der Waals surface area contributed by atoms with Crippen LogP contribution in [0, 0.1) is 0 Å². The van der Waals surface area contributed by atoms with Crippen LogP contribution in [-0.4, -0.2) is 49.6 Å². The van der Waals surface area contributed by atoms with Gasteiger partial charge in [-0.1, -0.05) is 60.7 Å². The summed E-state index contributed by atoms with van der Waals surface area (Å²) in [5.74, 6) is 0.839. The Morgan fingerprint density at radius 2 is 1.53 bits per heavy atom. The average Bonchev–Trinajstić information content (AvgIpc) is 3.23. The Balaban J connectivity index is 1.30. The maximum absolute atomic E-state index is 12.8. The molecule has 0 aliphatic carbocycles. The summed E-state index contributed by atoms with van der Waals surface area (Å²) in [5.41, 5.74) is 3.26. The molecule has 0 saturated carbocycles. The number of nitrogens with one attached hydrogen (secondary N) is 1. The molecule has 0 radical (unpaired) electrons. The highest BCUT2D eigenvalue weighted by Crippen LogP contribution is 2.27. The van der Waals surface area contributed by atoms with Gasteiger partial charge >= 0.3 is 6.03 Å². The Morgan fingerprint density at radius 3 is 2.12 bits per heavy atom. The summed E-state index contributed by atoms with van der Waals surface area (Å²) >= 11 is 0. The Morgan fingerprint density at radius 1 is 0.912 bits per heavy atom. The van der Waals surface area contributed by atoms with E-state index in [1.165, 1.54) is 11.1 Å². The first-order valence-corrected chi connectivity index (χ1v) is 11.8. The maximum Gasteiger partial charge on any atom is 0.325 e. The van der Waals surface area contributed by atoms with Crippen LogP contribution in [0.4, 0.5) is 10.5 Å². The average molecular weight is 458 g/mol. The zero-order valence-electron chi connectivity index (χ0n) is 19.5. The van der Waals surface area contributed by atoms with Crippen LogP contribution in [0.25, 0.3) is 0 Å². The predicted molar refractivity (Wildman–Crippen MR) is 134 cm³/mol. The summed E-state index contributed by atoms with van der Waals surface area (Å²) < 4.78 is 5.47. The highest BCUT2D eigenvalue weighted by molar-refractivity contribution is 5.96. The van der Waals surface area contributed by atoms with Crippen molar-refractivity contribution in [2.24, 2.45) is 0 Å². The van der Waals surface area contributed by atoms with Crippen molar-refractivity contribution in [1.29, 1.82) is 0 Å². The van der Waals surface area contributed by atoms with Crippen LogP contribution in [-0.2, 0) is 4.79 Å². The molecule has 1 aliphatic heterocycles. The van der Waals surface area contributed by atoms with Crippen LogP contribution in [0.1, 0.15) is 30.4 Å². The number of nitrogens with zero attached hydrogens (tertiary/aromatic N) is 2. The number of hydrogen-bond donors (Lipinski definition) is 1. The minimum atomic E-state index is -0.147. The SMILES string of the molecule is CCOc1ccc(N2CCN(CC(=O)NCCC(c3ccccc3)c3ccccc3)C2=O)cc1. The molecule has 176 valence electrons. The molecule has 6 heteroatoms. The van der Waals surface area contributed by atoms with Gasteiger partial charge in [0.25, 0.3) is 0 Å². The normalized spacial score (nSPS) is 13.4. The second-order valence-electron chi connectivity index (χ2n) is 8.30. The van der Waals surface area contributed by atoms with Gasteiger partial charge in [0.05, 0.1) is 6.61 Å². The van der Waals surface area contributed by atoms with Crippen molar-refractivity contribution in [3.8, 4) is 5.75 Å². The lowest BCUT2D eigenvalue weighted by atomic mass is 9.88. The number of benzene rings is 3. The molecule has 1 aliphatic rings. The fraction of sp³-hybridized carbons (Fsp3) is 0.286. The Bertz CT molecular complexity index is 1030. The van der Waals surface area contributed by atoms with E-state index in [-0.39, 0.29) is 24.4 Å². The second-order valence-corrected chi connectivity index (χ2v) is 8.30. The van der Waals surface area contributed by atoms with Gasteiger partial charge in [0.2, 0.25) is 5.91 Å². The largest absolute Gasteiger partial charge is 0.494 e. The molecule has 0 atom stereocenters. The third-order valence-corrected chi connectivity index (χ3v) is 6.05. The van der Waals surface area contributed by atoms with E-state index in [0.29, 0.717) is 26.2 Å². The third kappa shape index (κ3) is 5.76. The quantitative estimate of drug-likeness (QED) is 0.481. The van der Waals surface area contributed by atoms with Crippen LogP contribution < -0.4 is 15.0 Å². The molecule has 4 rings (SSSR count). The monoisotopic (exact) mass is 457 g/mol. The van der Waals surface area contributed by atoms with E-state index < -0.39 is 0 Å². The van der Waals surface area contributed by atoms with Crippen molar-refractivity contribution in [1.82, 2.24) is 10.2 Å². The van der Waals surface area contributed by atoms with Crippen LogP contribution in [0.2, 0.25) is 0 Å². The molecule has 0 bridgehead atoms. The lowest BCUT2D eigenvalue weighted by molar-refractivity contribution is -0.121. The molecule has 3 amide bonds. The molecule has 0 spiro atoms. The highest BCUT2D eigenvalue weighted by atomic mass is 16.5. The van der Waals surface area contributed by atoms with Gasteiger partial charge < -0.3 is 15.0 Å². The number of urea groups is 1. The molecular formula is C28H31N3O3. The van der Waals surface area contributed by atoms with E-state index in [1.54, 1.807) is 9.80 Å². The van der Waals surface area contributed by atoms with Crippen molar-refractivity contribution in [3.05, 3.63) is 96.1 Å². The van der Waals surface area contributed by atoms with Crippen LogP contribution in [0.3, 0.4) is 0 Å². The van der Waals surface area contributed by atoms with Crippen LogP contribution in [0.5, 0.6) is 5.75 Å². The molecule has 3 aromatic carbocycles. The van der Waals surface area contributed by atoms with Gasteiger partial charge in [0.15, 0.2) is 0 Å². The van der Waals surface area contributed by atoms with Crippen molar-refractivity contribution in [3.63, 3.8) is 0 Å². The van der Waals surface area contributed by atoms with Crippen molar-refractivity contribution in [2.75, 3.05) is 37.7 Å². The first-order chi connectivity index (χ1) is 16.7. The summed E-state index contributed by atoms with van der Waals surface area (Å²) in [6.07, 6.45) is 0.784. The molecular weight excluding hydrogens is 426 g/mol. The molecule has 34 heavy (non-hydrogen) atoms. The highest BCUT2D eigenvalue weighted by Gasteiger charge is 2.30. The minimum absolute atomic E-state index is 0.0632. The Labute approximate surface area is 201 Å². The zero-order chi connectivity index (χ0) is 23.8. The number of rotatable bonds is 10. The number of hydrogen-bond acceptors (Lipinski definition) is 3. The fourth-order valence-corrected chi connectivity index (χ4v) is 4.34. The molecule has 1 N–H and O–H groups in total. The fourth-order valence-electron chi connectivity index (χ4n) is 4.34. The van der Waals surface area contributed by atoms with Crippen molar-refractivity contribution >= 4 is 17.6 Å². The summed E-state index contributed by atoms with van der Waals surface area (Å²) in [5, 5.41) is 3.01. The van der Waals surface area contributed by atoms with Gasteiger partial charge in [0, 0.05) is 31.2 Å². The molecule has 1 saturated heterocycles. The summed E-state index contributed by atoms with van der Waals surface area (Å²) in [7, 11) is 0. The van der Waals surface area contributed by atoms with E-state index in [4.69, 9.17) is 4.74 Å². The first kappa shape index (κ1) is 23.4. The number of ether oxygens (including phenoxy) is 1. The van der Waals surface area contributed by atoms with E-state index in [1.807, 2.05) is 67.6 Å². The standard InChI is InChI=1S/C28H31N3O3/c1-2-34-25-15-13-24(14-16-25)31-20-19-30(28(31)33)21-27(32)29-18-17-26(22-9-5-3-6-10-22)23-11-7-4-8-12-23/h3-16,26H,2,17-21H2,1H3,(H,29,32). The Hall–Kier alpha value is -3.80. The van der Waals surface area contributed by atoms with Crippen molar-refractivity contribution in [2.45, 2.75) is 19.3 Å². The van der Waals surface area contributed by atoms with Crippen LogP contribution >= 0.6 is 0 Å². The van der Waals surface area contributed by atoms with Crippen molar-refractivity contribution < 1.29 is 14.3 Å². The van der Waals surface area contributed by atoms with E-state index in [9.17, 15) is 9.59 Å². The Kier molecular flexibility index (Phi) is 7.81. The zero-order valence-corrected chi connectivity index (χ0v) is 19.5. The molecule has 1 fully saturated rings. The topological polar surface area (TPSA) is 61.9 Å². The molecule has 0 unspecified atom stereocenters. The van der Waals surface area contributed by atoms with Crippen LogP contribution in [0.15, 0.2) is 84.9 Å². The smallest absolute Gasteiger partial charge is 0.325 e.